The minimum atomic E-state index is -0.851. The summed E-state index contributed by atoms with van der Waals surface area (Å²) in [6.07, 6.45) is 0. The number of rotatable bonds is 3. The van der Waals surface area contributed by atoms with Crippen LogP contribution in [0, 0.1) is 0 Å². The minimum Gasteiger partial charge on any atom is -0.290 e. The van der Waals surface area contributed by atoms with E-state index in [1.54, 1.807) is 0 Å². The maximum atomic E-state index is 12.4. The zero-order valence-corrected chi connectivity index (χ0v) is 11.1. The van der Waals surface area contributed by atoms with Crippen LogP contribution in [0.5, 0.6) is 0 Å². The number of alkyl halides is 1. The normalized spacial score (nSPS) is 21.3. The maximum absolute atomic E-state index is 12.4. The topological polar surface area (TPSA) is 29.4 Å². The van der Waals surface area contributed by atoms with Crippen molar-refractivity contribution in [1.29, 1.82) is 0 Å². The Morgan fingerprint density at radius 2 is 1.50 bits per heavy atom. The molecule has 88 valence electrons. The summed E-state index contributed by atoms with van der Waals surface area (Å²) in [5.41, 5.74) is 2.46. The van der Waals surface area contributed by atoms with E-state index in [-0.39, 0.29) is 5.78 Å². The zero-order chi connectivity index (χ0) is 12.6. The maximum Gasteiger partial charge on any atom is 0.220 e. The highest BCUT2D eigenvalue weighted by Gasteiger charge is 2.52. The van der Waals surface area contributed by atoms with E-state index in [4.69, 9.17) is 0 Å². The third-order valence-electron chi connectivity index (χ3n) is 2.91. The molecule has 2 aromatic rings. The number of hydrogen-bond donors (Lipinski definition) is 0. The van der Waals surface area contributed by atoms with Crippen molar-refractivity contribution in [2.24, 2.45) is 4.99 Å². The predicted molar refractivity (Wildman–Crippen MR) is 75.4 cm³/mol. The fraction of sp³-hybridized carbons (Fsp3) is 0.0667. The molecule has 2 aromatic carbocycles. The van der Waals surface area contributed by atoms with Crippen LogP contribution in [-0.2, 0) is 0 Å². The van der Waals surface area contributed by atoms with Crippen LogP contribution >= 0.6 is 15.9 Å². The van der Waals surface area contributed by atoms with Crippen molar-refractivity contribution >= 4 is 27.4 Å². The molecule has 1 aliphatic rings. The second kappa shape index (κ2) is 4.18. The number of Topliss-reactive ketones (excluding diaryl/α,β-unsaturated/α-hetero) is 1. The Hall–Kier alpha value is -1.74. The van der Waals surface area contributed by atoms with E-state index < -0.39 is 4.45 Å². The van der Waals surface area contributed by atoms with Crippen LogP contribution in [0.4, 0.5) is 0 Å². The van der Waals surface area contributed by atoms with Gasteiger partial charge in [0.1, 0.15) is 0 Å². The lowest BCUT2D eigenvalue weighted by atomic mass is 10.0. The number of hydrogen-bond acceptors (Lipinski definition) is 2. The Morgan fingerprint density at radius 1 is 0.944 bits per heavy atom. The lowest BCUT2D eigenvalue weighted by molar-refractivity contribution is 0.0987. The standard InChI is InChI=1S/C15H10BrNO/c16-15(14(18)12-9-5-2-6-10-12)13(17-15)11-7-3-1-4-8-11/h1-10H. The Morgan fingerprint density at radius 3 is 2.11 bits per heavy atom. The average Bonchev–Trinajstić information content (AvgIpc) is 3.14. The zero-order valence-electron chi connectivity index (χ0n) is 9.51. The largest absolute Gasteiger partial charge is 0.290 e. The van der Waals surface area contributed by atoms with Gasteiger partial charge < -0.3 is 0 Å². The summed E-state index contributed by atoms with van der Waals surface area (Å²) >= 11 is 3.44. The van der Waals surface area contributed by atoms with Crippen molar-refractivity contribution in [3.8, 4) is 0 Å². The molecule has 3 rings (SSSR count). The molecule has 0 amide bonds. The van der Waals surface area contributed by atoms with Gasteiger partial charge in [-0.1, -0.05) is 60.7 Å². The SMILES string of the molecule is O=C(c1ccccc1)C1(Br)N=C1c1ccccc1. The van der Waals surface area contributed by atoms with E-state index >= 15 is 0 Å². The molecule has 0 saturated carbocycles. The highest BCUT2D eigenvalue weighted by Crippen LogP contribution is 2.41. The van der Waals surface area contributed by atoms with Gasteiger partial charge in [-0.25, -0.2) is 0 Å². The number of carbonyl (C=O) groups is 1. The van der Waals surface area contributed by atoms with E-state index in [0.29, 0.717) is 5.56 Å². The number of aliphatic imine (C=N–C) groups is 1. The molecule has 0 fully saturated rings. The molecule has 3 heteroatoms. The van der Waals surface area contributed by atoms with E-state index in [0.717, 1.165) is 11.3 Å². The second-order valence-corrected chi connectivity index (χ2v) is 5.29. The van der Waals surface area contributed by atoms with Gasteiger partial charge in [0.2, 0.25) is 10.2 Å². The van der Waals surface area contributed by atoms with Gasteiger partial charge in [0, 0.05) is 5.56 Å². The lowest BCUT2D eigenvalue weighted by Crippen LogP contribution is -2.23. The molecule has 0 bridgehead atoms. The van der Waals surface area contributed by atoms with Gasteiger partial charge >= 0.3 is 0 Å². The number of benzene rings is 2. The van der Waals surface area contributed by atoms with Crippen molar-refractivity contribution < 1.29 is 4.79 Å². The molecule has 1 unspecified atom stereocenters. The van der Waals surface area contributed by atoms with E-state index in [9.17, 15) is 4.79 Å². The smallest absolute Gasteiger partial charge is 0.220 e. The molecule has 0 saturated heterocycles. The fourth-order valence-corrected chi connectivity index (χ4v) is 2.55. The Labute approximate surface area is 114 Å². The molecule has 1 atom stereocenters. The predicted octanol–water partition coefficient (Wildman–Crippen LogP) is 3.46. The van der Waals surface area contributed by atoms with Crippen molar-refractivity contribution in [2.45, 2.75) is 4.45 Å². The van der Waals surface area contributed by atoms with E-state index in [1.807, 2.05) is 60.7 Å². The van der Waals surface area contributed by atoms with Crippen LogP contribution in [0.2, 0.25) is 0 Å². The summed E-state index contributed by atoms with van der Waals surface area (Å²) in [6.45, 7) is 0. The number of nitrogens with zero attached hydrogens (tertiary/aromatic N) is 1. The molecule has 0 N–H and O–H groups in total. The van der Waals surface area contributed by atoms with Crippen molar-refractivity contribution in [3.05, 3.63) is 71.8 Å². The van der Waals surface area contributed by atoms with Crippen molar-refractivity contribution in [3.63, 3.8) is 0 Å². The van der Waals surface area contributed by atoms with Crippen LogP contribution in [-0.4, -0.2) is 15.9 Å². The van der Waals surface area contributed by atoms with Gasteiger partial charge in [-0.3, -0.25) is 9.79 Å². The minimum absolute atomic E-state index is 0.0121. The molecule has 0 radical (unpaired) electrons. The van der Waals surface area contributed by atoms with E-state index in [2.05, 4.69) is 20.9 Å². The molecular weight excluding hydrogens is 290 g/mol. The third kappa shape index (κ3) is 1.81. The van der Waals surface area contributed by atoms with Crippen LogP contribution in [0.25, 0.3) is 0 Å². The highest BCUT2D eigenvalue weighted by molar-refractivity contribution is 9.10. The van der Waals surface area contributed by atoms with Gasteiger partial charge in [0.15, 0.2) is 0 Å². The van der Waals surface area contributed by atoms with Crippen molar-refractivity contribution in [2.75, 3.05) is 0 Å². The summed E-state index contributed by atoms with van der Waals surface area (Å²) in [7, 11) is 0. The third-order valence-corrected chi connectivity index (χ3v) is 3.83. The van der Waals surface area contributed by atoms with Crippen LogP contribution in [0.1, 0.15) is 15.9 Å². The quantitative estimate of drug-likeness (QED) is 0.485. The summed E-state index contributed by atoms with van der Waals surface area (Å²) in [6, 6.07) is 19.0. The first-order valence-electron chi connectivity index (χ1n) is 5.66. The summed E-state index contributed by atoms with van der Waals surface area (Å²) in [5.74, 6) is -0.0121. The molecular formula is C15H10BrNO. The first kappa shape index (κ1) is 11.4. The number of halogens is 1. The van der Waals surface area contributed by atoms with Crippen molar-refractivity contribution in [1.82, 2.24) is 0 Å². The first-order valence-corrected chi connectivity index (χ1v) is 6.45. The monoisotopic (exact) mass is 299 g/mol. The highest BCUT2D eigenvalue weighted by atomic mass is 79.9. The molecule has 0 spiro atoms. The first-order chi connectivity index (χ1) is 8.72. The Balaban J connectivity index is 1.87. The van der Waals surface area contributed by atoms with Gasteiger partial charge in [0.25, 0.3) is 0 Å². The molecule has 2 nitrogen and oxygen atoms in total. The van der Waals surface area contributed by atoms with Gasteiger partial charge in [-0.2, -0.15) is 0 Å². The van der Waals surface area contributed by atoms with E-state index in [1.165, 1.54) is 0 Å². The van der Waals surface area contributed by atoms with Crippen LogP contribution < -0.4 is 0 Å². The van der Waals surface area contributed by atoms with Gasteiger partial charge in [-0.05, 0) is 21.5 Å². The Bertz CT molecular complexity index is 621. The summed E-state index contributed by atoms with van der Waals surface area (Å²) in [5, 5.41) is 0. The van der Waals surface area contributed by atoms with Crippen LogP contribution in [0.15, 0.2) is 65.7 Å². The van der Waals surface area contributed by atoms with Crippen LogP contribution in [0.3, 0.4) is 0 Å². The second-order valence-electron chi connectivity index (χ2n) is 4.14. The van der Waals surface area contributed by atoms with Gasteiger partial charge in [-0.15, -0.1) is 0 Å². The Kier molecular flexibility index (Phi) is 2.63. The molecule has 18 heavy (non-hydrogen) atoms. The molecule has 1 aliphatic heterocycles. The average molecular weight is 300 g/mol. The fourth-order valence-electron chi connectivity index (χ4n) is 1.92. The summed E-state index contributed by atoms with van der Waals surface area (Å²) in [4.78, 5) is 16.7. The number of ketones is 1. The molecule has 0 aromatic heterocycles. The molecule has 1 heterocycles. The number of carbonyl (C=O) groups excluding carboxylic acids is 1. The molecule has 0 aliphatic carbocycles. The van der Waals surface area contributed by atoms with Gasteiger partial charge in [0.05, 0.1) is 5.71 Å². The summed E-state index contributed by atoms with van der Waals surface area (Å²) < 4.78 is -0.851. The lowest BCUT2D eigenvalue weighted by Gasteiger charge is -2.06.